The van der Waals surface area contributed by atoms with Crippen LogP contribution in [0.1, 0.15) is 45.4 Å². The molecule has 1 N–H and O–H groups in total. The van der Waals surface area contributed by atoms with Gasteiger partial charge in [0.1, 0.15) is 0 Å². The average Bonchev–Trinajstić information content (AvgIpc) is 2.68. The predicted octanol–water partition coefficient (Wildman–Crippen LogP) is 3.27. The summed E-state index contributed by atoms with van der Waals surface area (Å²) in [5.74, 6) is 0. The second-order valence-corrected chi connectivity index (χ2v) is 4.68. The number of rotatable bonds is 7. The van der Waals surface area contributed by atoms with E-state index in [9.17, 15) is 13.2 Å². The molecule has 1 fully saturated rings. The number of nitrogens with one attached hydrogen (secondary N) is 1. The number of halogens is 3. The third kappa shape index (κ3) is 6.88. The maximum Gasteiger partial charge on any atom is 0.389 e. The standard InChI is InChI=1S/C12H22F3NO/c1-2-7-16-10-4-5-11(9-10)17-8-3-6-12(13,14)15/h10-11,16H,2-9H2,1H3. The number of alkyl halides is 3. The first kappa shape index (κ1) is 14.8. The lowest BCUT2D eigenvalue weighted by molar-refractivity contribution is -0.138. The van der Waals surface area contributed by atoms with Crippen LogP contribution >= 0.6 is 0 Å². The van der Waals surface area contributed by atoms with Gasteiger partial charge in [-0.2, -0.15) is 13.2 Å². The lowest BCUT2D eigenvalue weighted by Crippen LogP contribution is -2.27. The molecule has 17 heavy (non-hydrogen) atoms. The van der Waals surface area contributed by atoms with Gasteiger partial charge >= 0.3 is 6.18 Å². The van der Waals surface area contributed by atoms with Gasteiger partial charge in [0.25, 0.3) is 0 Å². The van der Waals surface area contributed by atoms with E-state index in [1.54, 1.807) is 0 Å². The molecular formula is C12H22F3NO. The van der Waals surface area contributed by atoms with Gasteiger partial charge in [0.15, 0.2) is 0 Å². The molecule has 0 saturated heterocycles. The van der Waals surface area contributed by atoms with Crippen LogP contribution in [0.2, 0.25) is 0 Å². The maximum atomic E-state index is 11.9. The van der Waals surface area contributed by atoms with Crippen LogP contribution in [0, 0.1) is 0 Å². The highest BCUT2D eigenvalue weighted by molar-refractivity contribution is 4.81. The molecule has 0 amide bonds. The molecule has 2 nitrogen and oxygen atoms in total. The van der Waals surface area contributed by atoms with E-state index in [2.05, 4.69) is 12.2 Å². The summed E-state index contributed by atoms with van der Waals surface area (Å²) in [6.07, 6.45) is -0.483. The first-order valence-electron chi connectivity index (χ1n) is 6.43. The molecule has 1 rings (SSSR count). The maximum absolute atomic E-state index is 11.9. The van der Waals surface area contributed by atoms with Crippen molar-refractivity contribution >= 4 is 0 Å². The Morgan fingerprint density at radius 3 is 2.71 bits per heavy atom. The summed E-state index contributed by atoms with van der Waals surface area (Å²) in [6.45, 7) is 3.35. The highest BCUT2D eigenvalue weighted by Crippen LogP contribution is 2.24. The van der Waals surface area contributed by atoms with E-state index in [0.717, 1.165) is 32.2 Å². The lowest BCUT2D eigenvalue weighted by atomic mass is 10.2. The molecule has 0 aromatic heterocycles. The van der Waals surface area contributed by atoms with E-state index in [0.29, 0.717) is 6.04 Å². The molecule has 2 unspecified atom stereocenters. The summed E-state index contributed by atoms with van der Waals surface area (Å²) >= 11 is 0. The SMILES string of the molecule is CCCNC1CCC(OCCCC(F)(F)F)C1. The second-order valence-electron chi connectivity index (χ2n) is 4.68. The summed E-state index contributed by atoms with van der Waals surface area (Å²) in [5.41, 5.74) is 0. The zero-order chi connectivity index (χ0) is 12.7. The van der Waals surface area contributed by atoms with Crippen LogP contribution in [0.25, 0.3) is 0 Å². The largest absolute Gasteiger partial charge is 0.389 e. The molecule has 0 spiro atoms. The van der Waals surface area contributed by atoms with Gasteiger partial charge in [0.05, 0.1) is 6.10 Å². The Labute approximate surface area is 101 Å². The van der Waals surface area contributed by atoms with Crippen molar-refractivity contribution in [3.63, 3.8) is 0 Å². The van der Waals surface area contributed by atoms with Crippen molar-refractivity contribution in [1.82, 2.24) is 5.32 Å². The van der Waals surface area contributed by atoms with Crippen LogP contribution in [0.5, 0.6) is 0 Å². The van der Waals surface area contributed by atoms with Crippen molar-refractivity contribution in [3.05, 3.63) is 0 Å². The minimum atomic E-state index is -4.05. The molecule has 0 radical (unpaired) electrons. The number of hydrogen-bond donors (Lipinski definition) is 1. The first-order chi connectivity index (χ1) is 8.01. The molecule has 0 aromatic rings. The van der Waals surface area contributed by atoms with Gasteiger partial charge in [-0.25, -0.2) is 0 Å². The molecule has 0 heterocycles. The summed E-state index contributed by atoms with van der Waals surface area (Å²) in [4.78, 5) is 0. The minimum Gasteiger partial charge on any atom is -0.378 e. The van der Waals surface area contributed by atoms with Crippen molar-refractivity contribution in [2.75, 3.05) is 13.2 Å². The molecule has 2 atom stereocenters. The quantitative estimate of drug-likeness (QED) is 0.703. The van der Waals surface area contributed by atoms with Crippen molar-refractivity contribution in [3.8, 4) is 0 Å². The van der Waals surface area contributed by atoms with Crippen LogP contribution in [0.3, 0.4) is 0 Å². The number of hydrogen-bond acceptors (Lipinski definition) is 2. The van der Waals surface area contributed by atoms with Gasteiger partial charge in [-0.05, 0) is 38.6 Å². The number of ether oxygens (including phenoxy) is 1. The third-order valence-electron chi connectivity index (χ3n) is 3.03. The van der Waals surface area contributed by atoms with E-state index in [4.69, 9.17) is 4.74 Å². The Kier molecular flexibility index (Phi) is 6.27. The molecule has 1 saturated carbocycles. The van der Waals surface area contributed by atoms with Gasteiger partial charge in [-0.1, -0.05) is 6.92 Å². The highest BCUT2D eigenvalue weighted by atomic mass is 19.4. The molecule has 102 valence electrons. The van der Waals surface area contributed by atoms with Crippen LogP contribution in [0.4, 0.5) is 13.2 Å². The Morgan fingerprint density at radius 1 is 1.29 bits per heavy atom. The zero-order valence-corrected chi connectivity index (χ0v) is 10.4. The molecular weight excluding hydrogens is 231 g/mol. The normalized spacial score (nSPS) is 25.4. The monoisotopic (exact) mass is 253 g/mol. The molecule has 5 heteroatoms. The summed E-state index contributed by atoms with van der Waals surface area (Å²) in [7, 11) is 0. The molecule has 0 bridgehead atoms. The third-order valence-corrected chi connectivity index (χ3v) is 3.03. The summed E-state index contributed by atoms with van der Waals surface area (Å²) in [5, 5.41) is 3.42. The molecule has 0 aliphatic heterocycles. The van der Waals surface area contributed by atoms with Crippen molar-refractivity contribution in [2.45, 2.75) is 63.8 Å². The van der Waals surface area contributed by atoms with Gasteiger partial charge in [-0.3, -0.25) is 0 Å². The van der Waals surface area contributed by atoms with Gasteiger partial charge in [0, 0.05) is 19.1 Å². The van der Waals surface area contributed by atoms with Gasteiger partial charge in [0.2, 0.25) is 0 Å². The highest BCUT2D eigenvalue weighted by Gasteiger charge is 2.27. The average molecular weight is 253 g/mol. The lowest BCUT2D eigenvalue weighted by Gasteiger charge is -2.14. The Bertz CT molecular complexity index is 208. The van der Waals surface area contributed by atoms with E-state index < -0.39 is 12.6 Å². The molecule has 1 aliphatic carbocycles. The van der Waals surface area contributed by atoms with Crippen molar-refractivity contribution < 1.29 is 17.9 Å². The van der Waals surface area contributed by atoms with E-state index in [-0.39, 0.29) is 19.1 Å². The Hall–Kier alpha value is -0.290. The topological polar surface area (TPSA) is 21.3 Å². The molecule has 1 aliphatic rings. The van der Waals surface area contributed by atoms with Crippen LogP contribution in [0.15, 0.2) is 0 Å². The van der Waals surface area contributed by atoms with Gasteiger partial charge in [-0.15, -0.1) is 0 Å². The summed E-state index contributed by atoms with van der Waals surface area (Å²) in [6, 6.07) is 0.488. The Balaban J connectivity index is 2.02. The van der Waals surface area contributed by atoms with E-state index in [1.807, 2.05) is 0 Å². The first-order valence-corrected chi connectivity index (χ1v) is 6.43. The predicted molar refractivity (Wildman–Crippen MR) is 61.0 cm³/mol. The van der Waals surface area contributed by atoms with Crippen LogP contribution in [-0.2, 0) is 4.74 Å². The van der Waals surface area contributed by atoms with Gasteiger partial charge < -0.3 is 10.1 Å². The fourth-order valence-electron chi connectivity index (χ4n) is 2.15. The van der Waals surface area contributed by atoms with Crippen LogP contribution < -0.4 is 5.32 Å². The second kappa shape index (κ2) is 7.21. The van der Waals surface area contributed by atoms with Crippen molar-refractivity contribution in [1.29, 1.82) is 0 Å². The van der Waals surface area contributed by atoms with Crippen molar-refractivity contribution in [2.24, 2.45) is 0 Å². The van der Waals surface area contributed by atoms with E-state index in [1.165, 1.54) is 0 Å². The van der Waals surface area contributed by atoms with E-state index >= 15 is 0 Å². The van der Waals surface area contributed by atoms with Crippen LogP contribution in [-0.4, -0.2) is 31.5 Å². The smallest absolute Gasteiger partial charge is 0.378 e. The minimum absolute atomic E-state index is 0.0764. The summed E-state index contributed by atoms with van der Waals surface area (Å²) < 4.78 is 41.1. The molecule has 0 aromatic carbocycles. The fraction of sp³-hybridized carbons (Fsp3) is 1.00. The zero-order valence-electron chi connectivity index (χ0n) is 10.4. The Morgan fingerprint density at radius 2 is 2.06 bits per heavy atom. The fourth-order valence-corrected chi connectivity index (χ4v) is 2.15.